The Morgan fingerprint density at radius 1 is 0.402 bits per heavy atom. The Morgan fingerprint density at radius 3 is 1.08 bits per heavy atom. The molecule has 3 unspecified atom stereocenters. The van der Waals surface area contributed by atoms with E-state index in [1.165, 1.54) is 66.2 Å². The maximum Gasteiger partial charge on any atom is 0.378 e. The molecule has 0 aromatic carbocycles. The molecule has 11 aliphatic carbocycles. The molecule has 0 radical (unpaired) electrons. The van der Waals surface area contributed by atoms with Crippen molar-refractivity contribution in [2.45, 2.75) is 227 Å². The summed E-state index contributed by atoms with van der Waals surface area (Å²) in [5.74, 6) is -3.11. The number of rotatable bonds is 24. The molecule has 11 saturated carbocycles. The monoisotopic (exact) mass is 1290 g/mol. The number of carbonyl (C=O) groups is 12. The smallest absolute Gasteiger partial charge is 0.378 e. The number of hydrogen-bond acceptors (Lipinski definition) is 20. The first kappa shape index (κ1) is 74.4. The maximum absolute atomic E-state index is 12.4. The largest absolute Gasteiger partial charge is 0.454 e. The number of esters is 8. The van der Waals surface area contributed by atoms with E-state index < -0.39 is 120 Å². The van der Waals surface area contributed by atoms with Crippen molar-refractivity contribution in [3.8, 4) is 0 Å². The van der Waals surface area contributed by atoms with Gasteiger partial charge >= 0.3 is 47.8 Å². The summed E-state index contributed by atoms with van der Waals surface area (Å²) < 4.78 is 41.4. The van der Waals surface area contributed by atoms with Gasteiger partial charge in [-0.1, -0.05) is 72.8 Å². The van der Waals surface area contributed by atoms with Crippen LogP contribution >= 0.6 is 0 Å². The van der Waals surface area contributed by atoms with Crippen molar-refractivity contribution >= 4 is 70.9 Å². The van der Waals surface area contributed by atoms with Gasteiger partial charge in [0, 0.05) is 28.2 Å². The lowest BCUT2D eigenvalue weighted by Crippen LogP contribution is -2.62. The quantitative estimate of drug-likeness (QED) is 0.0376. The number of hydrogen-bond donors (Lipinski definition) is 0. The summed E-state index contributed by atoms with van der Waals surface area (Å²) in [7, 11) is 0. The van der Waals surface area contributed by atoms with Crippen LogP contribution in [0.25, 0.3) is 0 Å². The highest BCUT2D eigenvalue weighted by molar-refractivity contribution is 6.36. The van der Waals surface area contributed by atoms with Gasteiger partial charge in [0.2, 0.25) is 0 Å². The standard InChI is InChI=1S/C20H28O5.C19H26O5.C17H24O5.C16H24O5/c1-11(2)18(22)24-10-17(21)19(23)25-20(12(3)4)15-6-13-5-14(8-15)9-16(20)7-13;1-4-19(14-6-12-5-13(8-14)9-15(19)7-12)24-18(22)16(20)10-23-17(21)11(2)3;1-10(2)15(19)21-9-14(18)16(20)22-17(3,4)13-8-11-5-6-12(13)7-11;1-11(2)14(18)20-10-13(17)15(19)21-16(3,4)12-8-6-5-7-9-12/h12-16H,1,5-10H2,2-4H3;12-15H,2,4-10H2,1,3H3;11-13H,1,5-9H2,2-4H3;12H,1,5-10H2,2-4H3. The molecule has 0 heterocycles. The fraction of sp³-hybridized carbons (Fsp3) is 0.722. The van der Waals surface area contributed by atoms with Gasteiger partial charge in [-0.3, -0.25) is 19.2 Å². The zero-order chi connectivity index (χ0) is 68.4. The average molecular weight is 1290 g/mol. The van der Waals surface area contributed by atoms with E-state index in [1.54, 1.807) is 0 Å². The van der Waals surface area contributed by atoms with Crippen molar-refractivity contribution in [1.29, 1.82) is 0 Å². The third kappa shape index (κ3) is 18.4. The molecule has 10 bridgehead atoms. The van der Waals surface area contributed by atoms with Crippen LogP contribution in [0.1, 0.15) is 205 Å². The minimum atomic E-state index is -0.944. The average Bonchev–Trinajstić information content (AvgIpc) is 0.815. The van der Waals surface area contributed by atoms with Crippen LogP contribution in [0, 0.1) is 76.9 Å². The lowest BCUT2D eigenvalue weighted by Gasteiger charge is -2.61. The van der Waals surface area contributed by atoms with Crippen LogP contribution in [0.15, 0.2) is 48.6 Å². The minimum absolute atomic E-state index is 0.164. The third-order valence-corrected chi connectivity index (χ3v) is 21.5. The Morgan fingerprint density at radius 2 is 0.750 bits per heavy atom. The van der Waals surface area contributed by atoms with Crippen LogP contribution in [-0.2, 0) is 95.4 Å². The Balaban J connectivity index is 0.000000195. The Hall–Kier alpha value is -6.60. The van der Waals surface area contributed by atoms with Gasteiger partial charge in [-0.15, -0.1) is 0 Å². The van der Waals surface area contributed by atoms with Crippen molar-refractivity contribution < 1.29 is 95.4 Å². The van der Waals surface area contributed by atoms with Crippen molar-refractivity contribution in [1.82, 2.24) is 0 Å². The van der Waals surface area contributed by atoms with Gasteiger partial charge in [0.05, 0.1) is 0 Å². The molecule has 92 heavy (non-hydrogen) atoms. The summed E-state index contributed by atoms with van der Waals surface area (Å²) in [5, 5.41) is 0. The fourth-order valence-electron chi connectivity index (χ4n) is 17.3. The summed E-state index contributed by atoms with van der Waals surface area (Å²) in [6.45, 7) is 30.9. The fourth-order valence-corrected chi connectivity index (χ4v) is 17.3. The third-order valence-electron chi connectivity index (χ3n) is 21.5. The zero-order valence-electron chi connectivity index (χ0n) is 56.5. The normalized spacial score (nSPS) is 29.2. The topological polar surface area (TPSA) is 279 Å². The summed E-state index contributed by atoms with van der Waals surface area (Å²) >= 11 is 0. The lowest BCUT2D eigenvalue weighted by atomic mass is 9.47. The molecule has 0 amide bonds. The maximum atomic E-state index is 12.4. The van der Waals surface area contributed by atoms with Crippen molar-refractivity contribution in [3.05, 3.63) is 48.6 Å². The van der Waals surface area contributed by atoms with Gasteiger partial charge in [-0.2, -0.15) is 0 Å². The molecule has 11 aliphatic rings. The van der Waals surface area contributed by atoms with Gasteiger partial charge in [0.25, 0.3) is 23.1 Å². The molecule has 0 saturated heterocycles. The predicted molar refractivity (Wildman–Crippen MR) is 336 cm³/mol. The molecule has 510 valence electrons. The summed E-state index contributed by atoms with van der Waals surface area (Å²) in [4.78, 5) is 141. The summed E-state index contributed by atoms with van der Waals surface area (Å²) in [5.41, 5.74) is -1.63. The highest BCUT2D eigenvalue weighted by Crippen LogP contribution is 2.63. The molecule has 11 fully saturated rings. The van der Waals surface area contributed by atoms with Gasteiger partial charge in [0.1, 0.15) is 22.4 Å². The molecular formula is C72H102O20. The second kappa shape index (κ2) is 31.6. The molecule has 20 heteroatoms. The first-order valence-electron chi connectivity index (χ1n) is 33.4. The van der Waals surface area contributed by atoms with Gasteiger partial charge in [-0.25, -0.2) is 38.4 Å². The van der Waals surface area contributed by atoms with Gasteiger partial charge in [-0.05, 0) is 229 Å². The zero-order valence-corrected chi connectivity index (χ0v) is 56.5. The molecule has 0 aromatic rings. The Kier molecular flexibility index (Phi) is 25.5. The van der Waals surface area contributed by atoms with E-state index in [-0.39, 0.29) is 34.1 Å². The van der Waals surface area contributed by atoms with E-state index >= 15 is 0 Å². The molecule has 0 aliphatic heterocycles. The van der Waals surface area contributed by atoms with Crippen LogP contribution in [0.4, 0.5) is 0 Å². The first-order chi connectivity index (χ1) is 43.0. The second-order valence-corrected chi connectivity index (χ2v) is 29.4. The van der Waals surface area contributed by atoms with Crippen molar-refractivity contribution in [3.63, 3.8) is 0 Å². The molecule has 20 nitrogen and oxygen atoms in total. The summed E-state index contributed by atoms with van der Waals surface area (Å²) in [6.07, 6.45) is 22.3. The van der Waals surface area contributed by atoms with Gasteiger partial charge < -0.3 is 37.9 Å². The lowest BCUT2D eigenvalue weighted by molar-refractivity contribution is -0.224. The molecule has 0 N–H and O–H groups in total. The van der Waals surface area contributed by atoms with E-state index in [2.05, 4.69) is 49.6 Å². The number of fused-ring (bicyclic) bond motifs is 2. The van der Waals surface area contributed by atoms with Crippen molar-refractivity contribution in [2.24, 2.45) is 76.9 Å². The molecular weight excluding hydrogens is 1180 g/mol. The van der Waals surface area contributed by atoms with Gasteiger partial charge in [0.15, 0.2) is 26.4 Å². The SMILES string of the molecule is C=C(C)C(=O)OCC(=O)C(=O)OC(C)(C)C1CC2CCC1C2.C=C(C)C(=O)OCC(=O)C(=O)OC(C)(C)C1CCCCC1.C=C(C)C(=O)OCC(=O)C(=O)OC1(C(C)C)C2CC3CC(C2)CC1C3.C=C(C)C(=O)OCC(=O)C(=O)OC1(CC)C2CC3CC(C2)CC1C3. The molecule has 0 aromatic heterocycles. The number of ether oxygens (including phenoxy) is 8. The Labute approximate surface area is 543 Å². The highest BCUT2D eigenvalue weighted by Gasteiger charge is 2.62. The minimum Gasteiger partial charge on any atom is -0.454 e. The van der Waals surface area contributed by atoms with Crippen LogP contribution in [0.2, 0.25) is 0 Å². The van der Waals surface area contributed by atoms with E-state index in [0.717, 1.165) is 119 Å². The van der Waals surface area contributed by atoms with Crippen LogP contribution in [0.5, 0.6) is 0 Å². The number of ketones is 4. The highest BCUT2D eigenvalue weighted by atomic mass is 16.6. The molecule has 3 atom stereocenters. The van der Waals surface area contributed by atoms with E-state index in [4.69, 9.17) is 28.4 Å². The molecule has 0 spiro atoms. The number of carbonyl (C=O) groups excluding carboxylic acids is 12. The molecule has 11 rings (SSSR count). The Bertz CT molecular complexity index is 2820. The summed E-state index contributed by atoms with van der Waals surface area (Å²) in [6, 6.07) is 0. The van der Waals surface area contributed by atoms with Crippen LogP contribution < -0.4 is 0 Å². The van der Waals surface area contributed by atoms with Crippen LogP contribution in [0.3, 0.4) is 0 Å². The second-order valence-electron chi connectivity index (χ2n) is 29.4. The van der Waals surface area contributed by atoms with E-state index in [0.29, 0.717) is 35.5 Å². The van der Waals surface area contributed by atoms with E-state index in [9.17, 15) is 57.5 Å². The van der Waals surface area contributed by atoms with E-state index in [1.807, 2.05) is 34.6 Å². The number of Topliss-reactive ketones (excluding diaryl/α,β-unsaturated/α-hetero) is 4. The van der Waals surface area contributed by atoms with Crippen LogP contribution in [-0.4, -0.2) is 120 Å². The predicted octanol–water partition coefficient (Wildman–Crippen LogP) is 10.9. The first-order valence-corrected chi connectivity index (χ1v) is 33.4. The van der Waals surface area contributed by atoms with Crippen molar-refractivity contribution in [2.75, 3.05) is 26.4 Å².